The second kappa shape index (κ2) is 4.17. The number of aromatic nitrogens is 1. The summed E-state index contributed by atoms with van der Waals surface area (Å²) in [7, 11) is 0. The largest absolute Gasteiger partial charge is 0.322 e. The molecule has 1 fully saturated rings. The van der Waals surface area contributed by atoms with Crippen LogP contribution in [0.5, 0.6) is 0 Å². The predicted molar refractivity (Wildman–Crippen MR) is 71.2 cm³/mol. The molecule has 0 radical (unpaired) electrons. The van der Waals surface area contributed by atoms with Crippen LogP contribution in [0.25, 0.3) is 10.9 Å². The molecule has 3 nitrogen and oxygen atoms in total. The topological polar surface area (TPSA) is 50.9 Å². The molecule has 1 aliphatic rings. The molecule has 3 N–H and O–H groups in total. The minimum Gasteiger partial charge on any atom is -0.322 e. The van der Waals surface area contributed by atoms with Gasteiger partial charge in [-0.25, -0.2) is 0 Å². The fraction of sp³-hybridized carbons (Fsp3) is 0.308. The summed E-state index contributed by atoms with van der Waals surface area (Å²) >= 11 is 5.99. The van der Waals surface area contributed by atoms with Crippen LogP contribution in [0.3, 0.4) is 0 Å². The first-order valence-electron chi connectivity index (χ1n) is 5.85. The fourth-order valence-corrected chi connectivity index (χ4v) is 2.43. The zero-order valence-corrected chi connectivity index (χ0v) is 10.2. The van der Waals surface area contributed by atoms with E-state index < -0.39 is 0 Å². The van der Waals surface area contributed by atoms with Gasteiger partial charge in [0, 0.05) is 16.3 Å². The Morgan fingerprint density at radius 1 is 1.29 bits per heavy atom. The lowest BCUT2D eigenvalue weighted by Crippen LogP contribution is -2.16. The average Bonchev–Trinajstić information content (AvgIpc) is 2.25. The lowest BCUT2D eigenvalue weighted by atomic mass is 9.82. The zero-order valence-electron chi connectivity index (χ0n) is 9.41. The van der Waals surface area contributed by atoms with Gasteiger partial charge in [0.15, 0.2) is 0 Å². The van der Waals surface area contributed by atoms with Crippen molar-refractivity contribution in [3.05, 3.63) is 35.0 Å². The smallest absolute Gasteiger partial charge is 0.0721 e. The number of hydrogen-bond donors (Lipinski definition) is 2. The molecule has 0 spiro atoms. The normalized spacial score (nSPS) is 15.9. The lowest BCUT2D eigenvalue weighted by Gasteiger charge is -2.26. The minimum absolute atomic E-state index is 0.546. The first-order chi connectivity index (χ1) is 8.28. The van der Waals surface area contributed by atoms with E-state index in [0.29, 0.717) is 5.92 Å². The number of benzene rings is 1. The molecule has 17 heavy (non-hydrogen) atoms. The summed E-state index contributed by atoms with van der Waals surface area (Å²) in [4.78, 5) is 4.70. The fourth-order valence-electron chi connectivity index (χ4n) is 2.26. The Hall–Kier alpha value is -1.32. The van der Waals surface area contributed by atoms with Crippen LogP contribution in [0, 0.1) is 0 Å². The van der Waals surface area contributed by atoms with Gasteiger partial charge < -0.3 is 5.43 Å². The average molecular weight is 248 g/mol. The molecule has 0 bridgehead atoms. The summed E-state index contributed by atoms with van der Waals surface area (Å²) in [6, 6.07) is 7.79. The van der Waals surface area contributed by atoms with Crippen molar-refractivity contribution in [2.45, 2.75) is 25.2 Å². The molecule has 0 amide bonds. The van der Waals surface area contributed by atoms with Crippen molar-refractivity contribution in [2.75, 3.05) is 5.43 Å². The molecule has 88 valence electrons. The van der Waals surface area contributed by atoms with Crippen molar-refractivity contribution in [2.24, 2.45) is 5.84 Å². The van der Waals surface area contributed by atoms with Crippen molar-refractivity contribution in [3.63, 3.8) is 0 Å². The number of hydrogen-bond acceptors (Lipinski definition) is 3. The molecule has 0 aliphatic heterocycles. The lowest BCUT2D eigenvalue weighted by molar-refractivity contribution is 0.413. The highest BCUT2D eigenvalue weighted by Gasteiger charge is 2.24. The molecular weight excluding hydrogens is 234 g/mol. The summed E-state index contributed by atoms with van der Waals surface area (Å²) in [5.74, 6) is 6.12. The summed E-state index contributed by atoms with van der Waals surface area (Å²) in [6.45, 7) is 0. The van der Waals surface area contributed by atoms with Crippen LogP contribution in [0.15, 0.2) is 24.3 Å². The van der Waals surface area contributed by atoms with E-state index in [0.717, 1.165) is 27.3 Å². The zero-order chi connectivity index (χ0) is 11.8. The van der Waals surface area contributed by atoms with Gasteiger partial charge in [-0.1, -0.05) is 24.1 Å². The molecule has 2 aromatic rings. The maximum atomic E-state index is 5.99. The number of rotatable bonds is 2. The van der Waals surface area contributed by atoms with Crippen LogP contribution >= 0.6 is 11.6 Å². The van der Waals surface area contributed by atoms with E-state index in [1.54, 1.807) is 0 Å². The molecule has 3 rings (SSSR count). The summed E-state index contributed by atoms with van der Waals surface area (Å²) < 4.78 is 0. The molecule has 1 aromatic carbocycles. The van der Waals surface area contributed by atoms with Crippen LogP contribution < -0.4 is 11.3 Å². The van der Waals surface area contributed by atoms with Gasteiger partial charge in [0.25, 0.3) is 0 Å². The van der Waals surface area contributed by atoms with Crippen LogP contribution in [-0.2, 0) is 0 Å². The van der Waals surface area contributed by atoms with Crippen LogP contribution in [0.4, 0.5) is 5.69 Å². The molecular formula is C13H14ClN3. The van der Waals surface area contributed by atoms with Gasteiger partial charge in [-0.3, -0.25) is 10.8 Å². The van der Waals surface area contributed by atoms with E-state index >= 15 is 0 Å². The highest BCUT2D eigenvalue weighted by molar-refractivity contribution is 6.31. The highest BCUT2D eigenvalue weighted by atomic mass is 35.5. The number of pyridine rings is 1. The number of fused-ring (bicyclic) bond motifs is 1. The molecule has 1 aliphatic carbocycles. The quantitative estimate of drug-likeness (QED) is 0.631. The van der Waals surface area contributed by atoms with Gasteiger partial charge in [-0.05, 0) is 31.0 Å². The number of nitrogen functional groups attached to an aromatic ring is 1. The predicted octanol–water partition coefficient (Wildman–Crippen LogP) is 3.44. The van der Waals surface area contributed by atoms with Crippen molar-refractivity contribution < 1.29 is 0 Å². The Morgan fingerprint density at radius 3 is 2.76 bits per heavy atom. The molecule has 1 saturated carbocycles. The van der Waals surface area contributed by atoms with Gasteiger partial charge in [0.05, 0.1) is 16.9 Å². The van der Waals surface area contributed by atoms with E-state index in [-0.39, 0.29) is 0 Å². The van der Waals surface area contributed by atoms with E-state index in [9.17, 15) is 0 Å². The van der Waals surface area contributed by atoms with Crippen molar-refractivity contribution in [1.82, 2.24) is 4.98 Å². The first-order valence-corrected chi connectivity index (χ1v) is 6.22. The molecule has 1 aromatic heterocycles. The van der Waals surface area contributed by atoms with Gasteiger partial charge >= 0.3 is 0 Å². The number of halogens is 1. The van der Waals surface area contributed by atoms with Gasteiger partial charge in [-0.15, -0.1) is 0 Å². The van der Waals surface area contributed by atoms with E-state index in [2.05, 4.69) is 5.43 Å². The highest BCUT2D eigenvalue weighted by Crippen LogP contribution is 2.39. The third-order valence-electron chi connectivity index (χ3n) is 3.46. The second-order valence-corrected chi connectivity index (χ2v) is 4.97. The second-order valence-electron chi connectivity index (χ2n) is 4.53. The number of hydrazine groups is 1. The maximum absolute atomic E-state index is 5.99. The van der Waals surface area contributed by atoms with Crippen LogP contribution in [0.2, 0.25) is 5.02 Å². The summed E-state index contributed by atoms with van der Waals surface area (Å²) in [5, 5.41) is 1.78. The van der Waals surface area contributed by atoms with Gasteiger partial charge in [0.1, 0.15) is 0 Å². The Kier molecular flexibility index (Phi) is 2.65. The number of nitrogens with zero attached hydrogens (tertiary/aromatic N) is 1. The van der Waals surface area contributed by atoms with Crippen molar-refractivity contribution in [3.8, 4) is 0 Å². The summed E-state index contributed by atoms with van der Waals surface area (Å²) in [6.07, 6.45) is 3.69. The van der Waals surface area contributed by atoms with Crippen LogP contribution in [-0.4, -0.2) is 4.98 Å². The van der Waals surface area contributed by atoms with Crippen LogP contribution in [0.1, 0.15) is 30.9 Å². The number of nitrogens with one attached hydrogen (secondary N) is 1. The Balaban J connectivity index is 2.18. The van der Waals surface area contributed by atoms with E-state index in [1.807, 2.05) is 24.3 Å². The number of nitrogens with two attached hydrogens (primary N) is 1. The Morgan fingerprint density at radius 2 is 2.12 bits per heavy atom. The monoisotopic (exact) mass is 247 g/mol. The van der Waals surface area contributed by atoms with Gasteiger partial charge in [-0.2, -0.15) is 0 Å². The Labute approximate surface area is 105 Å². The molecule has 0 unspecified atom stereocenters. The maximum Gasteiger partial charge on any atom is 0.0721 e. The third kappa shape index (κ3) is 1.85. The Bertz CT molecular complexity index is 564. The van der Waals surface area contributed by atoms with Crippen molar-refractivity contribution in [1.29, 1.82) is 0 Å². The summed E-state index contributed by atoms with van der Waals surface area (Å²) in [5.41, 5.74) is 5.71. The minimum atomic E-state index is 0.546. The van der Waals surface area contributed by atoms with E-state index in [4.69, 9.17) is 22.4 Å². The SMILES string of the molecule is NNc1cc2ccc(Cl)cc2nc1C1CCC1. The molecule has 1 heterocycles. The molecule has 0 saturated heterocycles. The first kappa shape index (κ1) is 10.8. The third-order valence-corrected chi connectivity index (χ3v) is 3.69. The van der Waals surface area contributed by atoms with Crippen molar-refractivity contribution >= 4 is 28.2 Å². The standard InChI is InChI=1S/C13H14ClN3/c14-10-5-4-9-6-12(17-15)13(8-2-1-3-8)16-11(9)7-10/h4-8,17H,1-3,15H2. The van der Waals surface area contributed by atoms with E-state index in [1.165, 1.54) is 19.3 Å². The van der Waals surface area contributed by atoms with Gasteiger partial charge in [0.2, 0.25) is 0 Å². The molecule has 0 atom stereocenters. The number of anilines is 1. The molecule has 4 heteroatoms.